The van der Waals surface area contributed by atoms with Gasteiger partial charge in [-0.05, 0) is 18.6 Å². The quantitative estimate of drug-likeness (QED) is 0.442. The third-order valence-electron chi connectivity index (χ3n) is 6.10. The minimum absolute atomic E-state index is 0.116. The Kier molecular flexibility index (Phi) is 8.33. The first kappa shape index (κ1) is 22.4. The predicted molar refractivity (Wildman–Crippen MR) is 116 cm³/mol. The summed E-state index contributed by atoms with van der Waals surface area (Å²) in [5.41, 5.74) is 1.18. The third kappa shape index (κ3) is 6.34. The van der Waals surface area contributed by atoms with Crippen LogP contribution in [0.25, 0.3) is 0 Å². The van der Waals surface area contributed by atoms with Crippen LogP contribution in [0.3, 0.4) is 0 Å². The predicted octanol–water partition coefficient (Wildman–Crippen LogP) is -2.35. The normalized spacial score (nSPS) is 18.3. The van der Waals surface area contributed by atoms with Crippen LogP contribution in [0.1, 0.15) is 13.3 Å². The maximum absolute atomic E-state index is 12.8. The van der Waals surface area contributed by atoms with Crippen LogP contribution in [-0.4, -0.2) is 95.8 Å². The molecule has 2 amide bonds. The topological polar surface area (TPSA) is 70.8 Å². The summed E-state index contributed by atoms with van der Waals surface area (Å²) in [6.45, 7) is 10.9. The molecule has 30 heavy (non-hydrogen) atoms. The number of nitrogens with zero attached hydrogens (tertiary/aromatic N) is 2. The lowest BCUT2D eigenvalue weighted by atomic mass is 10.2. The molecule has 0 atom stereocenters. The Labute approximate surface area is 179 Å². The van der Waals surface area contributed by atoms with Gasteiger partial charge in [0.15, 0.2) is 13.1 Å². The number of benzene rings is 1. The molecule has 0 bridgehead atoms. The minimum Gasteiger partial charge on any atom is -0.497 e. The Bertz CT molecular complexity index is 698. The number of ether oxygens (including phenoxy) is 1. The van der Waals surface area contributed by atoms with E-state index in [0.717, 1.165) is 71.1 Å². The smallest absolute Gasteiger partial charge is 0.278 e. The van der Waals surface area contributed by atoms with E-state index in [0.29, 0.717) is 13.1 Å². The van der Waals surface area contributed by atoms with Crippen molar-refractivity contribution >= 4 is 17.5 Å². The standard InChI is InChI=1S/C22H35N5O3/c1-3-7-23-21(28)17-24-10-14-27(15-11-24)22(29)18-25-8-12-26(13-9-25)19-5-4-6-20(16-19)30-2/h4-6,16H,3,7-15,17-18H2,1-2H3,(H,23,28)/p+2. The van der Waals surface area contributed by atoms with E-state index >= 15 is 0 Å². The van der Waals surface area contributed by atoms with Gasteiger partial charge in [-0.2, -0.15) is 0 Å². The van der Waals surface area contributed by atoms with Gasteiger partial charge in [0.25, 0.3) is 11.8 Å². The lowest BCUT2D eigenvalue weighted by Crippen LogP contribution is -3.17. The monoisotopic (exact) mass is 419 g/mol. The van der Waals surface area contributed by atoms with Gasteiger partial charge in [0.1, 0.15) is 5.75 Å². The van der Waals surface area contributed by atoms with Gasteiger partial charge in [0.2, 0.25) is 0 Å². The second-order valence-electron chi connectivity index (χ2n) is 8.27. The van der Waals surface area contributed by atoms with E-state index in [1.165, 1.54) is 15.5 Å². The van der Waals surface area contributed by atoms with Gasteiger partial charge in [0.05, 0.1) is 59.5 Å². The van der Waals surface area contributed by atoms with E-state index in [4.69, 9.17) is 4.74 Å². The molecule has 8 nitrogen and oxygen atoms in total. The number of piperazine rings is 2. The number of carbonyl (C=O) groups is 2. The summed E-state index contributed by atoms with van der Waals surface area (Å²) in [5.74, 6) is 1.24. The van der Waals surface area contributed by atoms with Crippen LogP contribution in [0.2, 0.25) is 0 Å². The van der Waals surface area contributed by atoms with E-state index in [-0.39, 0.29) is 11.8 Å². The van der Waals surface area contributed by atoms with Crippen molar-refractivity contribution in [2.75, 3.05) is 84.0 Å². The van der Waals surface area contributed by atoms with Crippen LogP contribution in [0.15, 0.2) is 24.3 Å². The average Bonchev–Trinajstić information content (AvgIpc) is 2.78. The fourth-order valence-corrected chi connectivity index (χ4v) is 4.19. The van der Waals surface area contributed by atoms with Crippen LogP contribution in [0.5, 0.6) is 5.75 Å². The fraction of sp³-hybridized carbons (Fsp3) is 0.636. The molecule has 0 saturated carbocycles. The molecule has 2 fully saturated rings. The second kappa shape index (κ2) is 11.2. The van der Waals surface area contributed by atoms with E-state index in [2.05, 4.69) is 29.3 Å². The molecule has 0 aliphatic carbocycles. The molecule has 8 heteroatoms. The van der Waals surface area contributed by atoms with E-state index in [1.807, 2.05) is 17.0 Å². The number of quaternary nitrogens is 2. The highest BCUT2D eigenvalue weighted by Crippen LogP contribution is 2.20. The van der Waals surface area contributed by atoms with Crippen molar-refractivity contribution in [1.29, 1.82) is 0 Å². The molecule has 0 spiro atoms. The minimum atomic E-state index is 0.116. The summed E-state index contributed by atoms with van der Waals surface area (Å²) in [6, 6.07) is 8.16. The third-order valence-corrected chi connectivity index (χ3v) is 6.10. The van der Waals surface area contributed by atoms with E-state index < -0.39 is 0 Å². The van der Waals surface area contributed by atoms with Crippen molar-refractivity contribution in [1.82, 2.24) is 10.2 Å². The summed E-state index contributed by atoms with van der Waals surface area (Å²) in [4.78, 5) is 31.6. The summed E-state index contributed by atoms with van der Waals surface area (Å²) in [7, 11) is 1.69. The molecule has 1 aromatic rings. The van der Waals surface area contributed by atoms with Gasteiger partial charge in [0, 0.05) is 18.3 Å². The largest absolute Gasteiger partial charge is 0.497 e. The Morgan fingerprint density at radius 2 is 1.70 bits per heavy atom. The van der Waals surface area contributed by atoms with Gasteiger partial charge in [-0.1, -0.05) is 13.0 Å². The Balaban J connectivity index is 1.37. The van der Waals surface area contributed by atoms with Crippen LogP contribution in [0.4, 0.5) is 5.69 Å². The number of hydrogen-bond acceptors (Lipinski definition) is 4. The molecule has 0 unspecified atom stereocenters. The number of hydrogen-bond donors (Lipinski definition) is 3. The lowest BCUT2D eigenvalue weighted by Gasteiger charge is -2.35. The van der Waals surface area contributed by atoms with Gasteiger partial charge in [-0.3, -0.25) is 9.59 Å². The lowest BCUT2D eigenvalue weighted by molar-refractivity contribution is -0.898. The van der Waals surface area contributed by atoms with Gasteiger partial charge in [-0.15, -0.1) is 0 Å². The van der Waals surface area contributed by atoms with Crippen molar-refractivity contribution in [3.63, 3.8) is 0 Å². The van der Waals surface area contributed by atoms with Crippen molar-refractivity contribution < 1.29 is 24.1 Å². The number of carbonyl (C=O) groups excluding carboxylic acids is 2. The molecular weight excluding hydrogens is 382 g/mol. The van der Waals surface area contributed by atoms with E-state index in [9.17, 15) is 9.59 Å². The van der Waals surface area contributed by atoms with Gasteiger partial charge >= 0.3 is 0 Å². The number of methoxy groups -OCH3 is 1. The van der Waals surface area contributed by atoms with Gasteiger partial charge in [-0.25, -0.2) is 0 Å². The van der Waals surface area contributed by atoms with Crippen molar-refractivity contribution in [3.8, 4) is 5.75 Å². The fourth-order valence-electron chi connectivity index (χ4n) is 4.19. The Morgan fingerprint density at radius 1 is 1.03 bits per heavy atom. The zero-order valence-corrected chi connectivity index (χ0v) is 18.4. The van der Waals surface area contributed by atoms with Crippen LogP contribution in [0, 0.1) is 0 Å². The Morgan fingerprint density at radius 3 is 2.37 bits per heavy atom. The molecule has 2 aliphatic heterocycles. The average molecular weight is 420 g/mol. The number of amides is 2. The molecule has 0 radical (unpaired) electrons. The van der Waals surface area contributed by atoms with Gasteiger partial charge < -0.3 is 29.7 Å². The molecule has 0 aromatic heterocycles. The van der Waals surface area contributed by atoms with Crippen molar-refractivity contribution in [2.45, 2.75) is 13.3 Å². The summed E-state index contributed by atoms with van der Waals surface area (Å²) in [6.07, 6.45) is 0.958. The second-order valence-corrected chi connectivity index (χ2v) is 8.27. The van der Waals surface area contributed by atoms with E-state index in [1.54, 1.807) is 7.11 Å². The first-order valence-corrected chi connectivity index (χ1v) is 11.2. The van der Waals surface area contributed by atoms with Crippen LogP contribution >= 0.6 is 0 Å². The summed E-state index contributed by atoms with van der Waals surface area (Å²) >= 11 is 0. The maximum atomic E-state index is 12.8. The summed E-state index contributed by atoms with van der Waals surface area (Å²) in [5, 5.41) is 2.93. The molecular formula is C22H37N5O3+2. The molecule has 3 N–H and O–H groups in total. The molecule has 166 valence electrons. The highest BCUT2D eigenvalue weighted by molar-refractivity contribution is 5.77. The van der Waals surface area contributed by atoms with Crippen LogP contribution < -0.4 is 24.8 Å². The zero-order valence-electron chi connectivity index (χ0n) is 18.4. The van der Waals surface area contributed by atoms with Crippen LogP contribution in [-0.2, 0) is 9.59 Å². The highest BCUT2D eigenvalue weighted by atomic mass is 16.5. The molecule has 3 rings (SSSR count). The first-order valence-electron chi connectivity index (χ1n) is 11.2. The maximum Gasteiger partial charge on any atom is 0.278 e. The zero-order chi connectivity index (χ0) is 21.3. The number of anilines is 1. The Hall–Kier alpha value is -2.32. The summed E-state index contributed by atoms with van der Waals surface area (Å²) < 4.78 is 5.33. The molecule has 1 aromatic carbocycles. The van der Waals surface area contributed by atoms with Crippen molar-refractivity contribution in [3.05, 3.63) is 24.3 Å². The molecule has 2 aliphatic rings. The number of nitrogens with one attached hydrogen (secondary N) is 3. The number of rotatable bonds is 8. The molecule has 2 saturated heterocycles. The highest BCUT2D eigenvalue weighted by Gasteiger charge is 2.29. The van der Waals surface area contributed by atoms with Crippen molar-refractivity contribution in [2.24, 2.45) is 0 Å². The first-order chi connectivity index (χ1) is 14.6. The molecule has 2 heterocycles. The SMILES string of the molecule is CCCNC(=O)C[NH+]1CCN(C(=O)C[NH+]2CCN(c3cccc(OC)c3)CC2)CC1.